The molecule has 2 rings (SSSR count). The number of ether oxygens (including phenoxy) is 1. The van der Waals surface area contributed by atoms with E-state index in [9.17, 15) is 14.4 Å². The molecular formula is C20H30N4O4. The van der Waals surface area contributed by atoms with Crippen LogP contribution in [0.2, 0.25) is 0 Å². The molecule has 0 aromatic carbocycles. The number of aromatic nitrogens is 2. The van der Waals surface area contributed by atoms with Crippen molar-refractivity contribution in [2.45, 2.75) is 58.4 Å². The Labute approximate surface area is 165 Å². The van der Waals surface area contributed by atoms with E-state index >= 15 is 0 Å². The average molecular weight is 390 g/mol. The van der Waals surface area contributed by atoms with Crippen LogP contribution in [0.1, 0.15) is 63.4 Å². The highest BCUT2D eigenvalue weighted by atomic mass is 16.5. The van der Waals surface area contributed by atoms with Crippen LogP contribution in [-0.2, 0) is 14.3 Å². The van der Waals surface area contributed by atoms with E-state index in [0.29, 0.717) is 12.8 Å². The SMILES string of the molecule is COC(=O)[C@@](C1CCCCC1)(N(C(=O)CN)C(=O)c1cnccn1)C(C)(C)C. The molecule has 2 N–H and O–H groups in total. The molecule has 0 radical (unpaired) electrons. The lowest BCUT2D eigenvalue weighted by molar-refractivity contribution is -0.174. The number of hydrogen-bond acceptors (Lipinski definition) is 7. The normalized spacial score (nSPS) is 17.5. The van der Waals surface area contributed by atoms with Crippen LogP contribution in [0.25, 0.3) is 0 Å². The van der Waals surface area contributed by atoms with Crippen LogP contribution in [0.3, 0.4) is 0 Å². The molecule has 0 bridgehead atoms. The number of rotatable bonds is 5. The van der Waals surface area contributed by atoms with Crippen molar-refractivity contribution in [3.05, 3.63) is 24.3 Å². The van der Waals surface area contributed by atoms with Gasteiger partial charge in [-0.15, -0.1) is 0 Å². The summed E-state index contributed by atoms with van der Waals surface area (Å²) in [7, 11) is 1.28. The van der Waals surface area contributed by atoms with Crippen molar-refractivity contribution < 1.29 is 19.1 Å². The third-order valence-electron chi connectivity index (χ3n) is 5.60. The van der Waals surface area contributed by atoms with E-state index in [2.05, 4.69) is 9.97 Å². The minimum absolute atomic E-state index is 0.0161. The average Bonchev–Trinajstić information content (AvgIpc) is 2.70. The van der Waals surface area contributed by atoms with E-state index in [1.807, 2.05) is 20.8 Å². The van der Waals surface area contributed by atoms with Gasteiger partial charge in [0.2, 0.25) is 5.91 Å². The predicted octanol–water partition coefficient (Wildman–Crippen LogP) is 1.94. The van der Waals surface area contributed by atoms with E-state index in [1.165, 1.54) is 25.7 Å². The zero-order valence-electron chi connectivity index (χ0n) is 17.1. The predicted molar refractivity (Wildman–Crippen MR) is 103 cm³/mol. The molecule has 0 unspecified atom stereocenters. The fourth-order valence-electron chi connectivity index (χ4n) is 4.46. The summed E-state index contributed by atoms with van der Waals surface area (Å²) in [5, 5.41) is 0. The quantitative estimate of drug-likeness (QED) is 0.764. The van der Waals surface area contributed by atoms with Crippen molar-refractivity contribution in [3.8, 4) is 0 Å². The molecule has 1 heterocycles. The summed E-state index contributed by atoms with van der Waals surface area (Å²) in [5.41, 5.74) is 3.37. The molecule has 1 aliphatic carbocycles. The Morgan fingerprint density at radius 3 is 2.29 bits per heavy atom. The van der Waals surface area contributed by atoms with Gasteiger partial charge in [0.05, 0.1) is 19.9 Å². The summed E-state index contributed by atoms with van der Waals surface area (Å²) < 4.78 is 5.20. The second-order valence-electron chi connectivity index (χ2n) is 8.17. The first-order chi connectivity index (χ1) is 13.2. The van der Waals surface area contributed by atoms with Gasteiger partial charge in [-0.05, 0) is 24.2 Å². The van der Waals surface area contributed by atoms with E-state index in [-0.39, 0.29) is 11.6 Å². The molecule has 1 aliphatic rings. The number of carbonyl (C=O) groups is 3. The Morgan fingerprint density at radius 1 is 1.18 bits per heavy atom. The van der Waals surface area contributed by atoms with E-state index in [1.54, 1.807) is 0 Å². The highest BCUT2D eigenvalue weighted by Gasteiger charge is 2.62. The van der Waals surface area contributed by atoms with Crippen molar-refractivity contribution in [3.63, 3.8) is 0 Å². The molecular weight excluding hydrogens is 360 g/mol. The van der Waals surface area contributed by atoms with Crippen LogP contribution in [0.15, 0.2) is 18.6 Å². The Morgan fingerprint density at radius 2 is 1.82 bits per heavy atom. The first-order valence-corrected chi connectivity index (χ1v) is 9.63. The van der Waals surface area contributed by atoms with Crippen molar-refractivity contribution in [2.75, 3.05) is 13.7 Å². The van der Waals surface area contributed by atoms with Gasteiger partial charge in [0, 0.05) is 12.4 Å². The summed E-state index contributed by atoms with van der Waals surface area (Å²) >= 11 is 0. The summed E-state index contributed by atoms with van der Waals surface area (Å²) in [5.74, 6) is -2.16. The second kappa shape index (κ2) is 8.77. The number of hydrogen-bond donors (Lipinski definition) is 1. The second-order valence-corrected chi connectivity index (χ2v) is 8.17. The van der Waals surface area contributed by atoms with Gasteiger partial charge in [-0.3, -0.25) is 19.5 Å². The Kier molecular flexibility index (Phi) is 6.87. The number of nitrogens with zero attached hydrogens (tertiary/aromatic N) is 3. The molecule has 1 aromatic rings. The third-order valence-corrected chi connectivity index (χ3v) is 5.60. The van der Waals surface area contributed by atoms with Gasteiger partial charge in [-0.1, -0.05) is 40.0 Å². The molecule has 0 saturated heterocycles. The van der Waals surface area contributed by atoms with Crippen LogP contribution in [0, 0.1) is 11.3 Å². The summed E-state index contributed by atoms with van der Waals surface area (Å²) in [6.07, 6.45) is 8.42. The van der Waals surface area contributed by atoms with Gasteiger partial charge >= 0.3 is 5.97 Å². The van der Waals surface area contributed by atoms with Gasteiger partial charge < -0.3 is 10.5 Å². The maximum atomic E-state index is 13.4. The highest BCUT2D eigenvalue weighted by Crippen LogP contribution is 2.48. The van der Waals surface area contributed by atoms with Gasteiger partial charge in [-0.25, -0.2) is 9.78 Å². The lowest BCUT2D eigenvalue weighted by atomic mass is 9.61. The molecule has 2 amide bonds. The van der Waals surface area contributed by atoms with E-state index < -0.39 is 35.3 Å². The van der Waals surface area contributed by atoms with Gasteiger partial charge in [0.15, 0.2) is 5.54 Å². The molecule has 154 valence electrons. The van der Waals surface area contributed by atoms with Crippen molar-refractivity contribution >= 4 is 17.8 Å². The minimum Gasteiger partial charge on any atom is -0.467 e. The van der Waals surface area contributed by atoms with Gasteiger partial charge in [0.25, 0.3) is 5.91 Å². The van der Waals surface area contributed by atoms with Crippen LogP contribution in [-0.4, -0.2) is 51.8 Å². The number of amides is 2. The topological polar surface area (TPSA) is 115 Å². The van der Waals surface area contributed by atoms with Crippen LogP contribution in [0.5, 0.6) is 0 Å². The highest BCUT2D eigenvalue weighted by molar-refractivity contribution is 6.08. The van der Waals surface area contributed by atoms with Gasteiger partial charge in [0.1, 0.15) is 5.69 Å². The Balaban J connectivity index is 2.75. The zero-order chi connectivity index (χ0) is 20.9. The van der Waals surface area contributed by atoms with Crippen molar-refractivity contribution in [1.82, 2.24) is 14.9 Å². The van der Waals surface area contributed by atoms with Gasteiger partial charge in [-0.2, -0.15) is 0 Å². The third kappa shape index (κ3) is 3.78. The molecule has 1 fully saturated rings. The first-order valence-electron chi connectivity index (χ1n) is 9.63. The molecule has 1 atom stereocenters. The Hall–Kier alpha value is -2.35. The largest absolute Gasteiger partial charge is 0.467 e. The first kappa shape index (κ1) is 21.9. The summed E-state index contributed by atoms with van der Waals surface area (Å²) in [6.45, 7) is 5.13. The zero-order valence-corrected chi connectivity index (χ0v) is 17.1. The molecule has 8 nitrogen and oxygen atoms in total. The number of esters is 1. The standard InChI is InChI=1S/C20H30N4O4/c1-19(2,3)20(18(27)28-4,14-8-6-5-7-9-14)24(16(25)12-21)17(26)15-13-22-10-11-23-15/h10-11,13-14H,5-9,12,21H2,1-4H3/t20-/m1/s1. The number of carbonyl (C=O) groups excluding carboxylic acids is 3. The minimum atomic E-state index is -1.49. The van der Waals surface area contributed by atoms with Crippen molar-refractivity contribution in [1.29, 1.82) is 0 Å². The van der Waals surface area contributed by atoms with Crippen LogP contribution < -0.4 is 5.73 Å². The number of imide groups is 1. The van der Waals surface area contributed by atoms with Crippen molar-refractivity contribution in [2.24, 2.45) is 17.1 Å². The summed E-state index contributed by atoms with van der Waals surface area (Å²) in [4.78, 5) is 48.8. The fraction of sp³-hybridized carbons (Fsp3) is 0.650. The number of nitrogens with two attached hydrogens (primary N) is 1. The smallest absolute Gasteiger partial charge is 0.333 e. The molecule has 8 heteroatoms. The maximum Gasteiger partial charge on any atom is 0.333 e. The molecule has 1 saturated carbocycles. The molecule has 1 aromatic heterocycles. The van der Waals surface area contributed by atoms with Crippen LogP contribution in [0.4, 0.5) is 0 Å². The van der Waals surface area contributed by atoms with Crippen LogP contribution >= 0.6 is 0 Å². The van der Waals surface area contributed by atoms with E-state index in [0.717, 1.165) is 24.2 Å². The lowest BCUT2D eigenvalue weighted by Crippen LogP contribution is -2.70. The maximum absolute atomic E-state index is 13.4. The monoisotopic (exact) mass is 390 g/mol. The molecule has 0 aliphatic heterocycles. The Bertz CT molecular complexity index is 711. The lowest BCUT2D eigenvalue weighted by Gasteiger charge is -2.53. The molecule has 28 heavy (non-hydrogen) atoms. The number of methoxy groups -OCH3 is 1. The molecule has 0 spiro atoms. The fourth-order valence-corrected chi connectivity index (χ4v) is 4.46. The van der Waals surface area contributed by atoms with E-state index in [4.69, 9.17) is 10.5 Å². The summed E-state index contributed by atoms with van der Waals surface area (Å²) in [6, 6.07) is 0.